The fourth-order valence-electron chi connectivity index (χ4n) is 4.53. The van der Waals surface area contributed by atoms with Crippen LogP contribution in [0.25, 0.3) is 0 Å². The van der Waals surface area contributed by atoms with Gasteiger partial charge in [-0.15, -0.1) is 0 Å². The Labute approximate surface area is 151 Å². The summed E-state index contributed by atoms with van der Waals surface area (Å²) < 4.78 is 6.92. The van der Waals surface area contributed by atoms with Gasteiger partial charge in [0.1, 0.15) is 6.54 Å². The monoisotopic (exact) mass is 357 g/mol. The second-order valence-corrected chi connectivity index (χ2v) is 7.57. The Balaban J connectivity index is 1.57. The molecule has 0 spiro atoms. The van der Waals surface area contributed by atoms with Crippen LogP contribution in [0.5, 0.6) is 0 Å². The summed E-state index contributed by atoms with van der Waals surface area (Å²) in [5.74, 6) is 1.54. The molecule has 2 aromatic heterocycles. The highest BCUT2D eigenvalue weighted by molar-refractivity contribution is 5.76. The van der Waals surface area contributed by atoms with Gasteiger partial charge in [-0.05, 0) is 45.6 Å². The lowest BCUT2D eigenvalue weighted by Crippen LogP contribution is -2.39. The molecule has 8 heteroatoms. The molecule has 0 unspecified atom stereocenters. The van der Waals surface area contributed by atoms with Crippen LogP contribution in [0, 0.1) is 26.7 Å². The number of fused-ring (bicyclic) bond motifs is 1. The number of amides is 1. The van der Waals surface area contributed by atoms with Gasteiger partial charge in [0.2, 0.25) is 11.8 Å². The predicted octanol–water partition coefficient (Wildman–Crippen LogP) is 1.13. The Hall–Kier alpha value is -2.51. The van der Waals surface area contributed by atoms with E-state index in [1.54, 1.807) is 6.92 Å². The summed E-state index contributed by atoms with van der Waals surface area (Å²) in [5.41, 5.74) is 0.801. The van der Waals surface area contributed by atoms with E-state index in [1.165, 1.54) is 4.57 Å². The third-order valence-electron chi connectivity index (χ3n) is 5.82. The molecule has 2 aliphatic rings. The molecule has 1 saturated carbocycles. The van der Waals surface area contributed by atoms with Crippen molar-refractivity contribution in [2.24, 2.45) is 5.92 Å². The second kappa shape index (κ2) is 6.03. The minimum Gasteiger partial charge on any atom is -0.340 e. The maximum Gasteiger partial charge on any atom is 0.348 e. The summed E-state index contributed by atoms with van der Waals surface area (Å²) in [6.45, 7) is 6.68. The lowest BCUT2D eigenvalue weighted by atomic mass is 9.80. The molecule has 2 aromatic rings. The molecule has 3 heterocycles. The van der Waals surface area contributed by atoms with Gasteiger partial charge in [0.15, 0.2) is 5.82 Å². The lowest BCUT2D eigenvalue weighted by Gasteiger charge is -2.24. The fraction of sp³-hybridized carbons (Fsp3) is 0.611. The first-order chi connectivity index (χ1) is 12.4. The molecule has 26 heavy (non-hydrogen) atoms. The lowest BCUT2D eigenvalue weighted by molar-refractivity contribution is -0.131. The Morgan fingerprint density at radius 3 is 2.85 bits per heavy atom. The van der Waals surface area contributed by atoms with Gasteiger partial charge in [-0.1, -0.05) is 11.6 Å². The van der Waals surface area contributed by atoms with E-state index < -0.39 is 0 Å². The van der Waals surface area contributed by atoms with Crippen molar-refractivity contribution in [2.45, 2.75) is 52.0 Å². The number of hydrogen-bond acceptors (Lipinski definition) is 6. The Kier molecular flexibility index (Phi) is 3.93. The van der Waals surface area contributed by atoms with Crippen molar-refractivity contribution in [3.63, 3.8) is 0 Å². The maximum absolute atomic E-state index is 12.9. The number of carbonyl (C=O) groups excluding carboxylic acids is 1. The zero-order valence-electron chi connectivity index (χ0n) is 15.4. The van der Waals surface area contributed by atoms with Crippen molar-refractivity contribution in [2.75, 3.05) is 13.1 Å². The molecule has 0 bridgehead atoms. The van der Waals surface area contributed by atoms with Crippen LogP contribution in [-0.2, 0) is 16.8 Å². The van der Waals surface area contributed by atoms with Crippen molar-refractivity contribution in [1.82, 2.24) is 24.6 Å². The smallest absolute Gasteiger partial charge is 0.340 e. The number of aromatic nitrogens is 4. The van der Waals surface area contributed by atoms with E-state index in [9.17, 15) is 9.59 Å². The van der Waals surface area contributed by atoms with Crippen LogP contribution in [-0.4, -0.2) is 43.6 Å². The predicted molar refractivity (Wildman–Crippen MR) is 92.6 cm³/mol. The van der Waals surface area contributed by atoms with Gasteiger partial charge >= 0.3 is 5.69 Å². The molecular weight excluding hydrogens is 334 g/mol. The first-order valence-electron chi connectivity index (χ1n) is 9.03. The normalized spacial score (nSPS) is 24.9. The topological polar surface area (TPSA) is 94.1 Å². The standard InChI is InChI=1S/C18H23N5O3/c1-11-7-12(2)23(17(25)19-11)9-15(24)22-8-14-5-4-6-18(14,10-22)16-20-13(3)21-26-16/h7,14H,4-6,8-10H2,1-3H3/t14-,18-/m0/s1. The average molecular weight is 357 g/mol. The van der Waals surface area contributed by atoms with E-state index in [0.717, 1.165) is 25.0 Å². The van der Waals surface area contributed by atoms with E-state index in [0.29, 0.717) is 36.4 Å². The van der Waals surface area contributed by atoms with Gasteiger partial charge in [0, 0.05) is 24.5 Å². The Morgan fingerprint density at radius 2 is 2.15 bits per heavy atom. The molecule has 2 fully saturated rings. The molecule has 4 rings (SSSR count). The van der Waals surface area contributed by atoms with E-state index in [4.69, 9.17) is 4.52 Å². The van der Waals surface area contributed by atoms with Gasteiger partial charge in [-0.25, -0.2) is 4.79 Å². The Morgan fingerprint density at radius 1 is 1.35 bits per heavy atom. The molecule has 2 atom stereocenters. The highest BCUT2D eigenvalue weighted by atomic mass is 16.5. The van der Waals surface area contributed by atoms with Gasteiger partial charge < -0.3 is 9.42 Å². The molecule has 1 aliphatic carbocycles. The molecule has 8 nitrogen and oxygen atoms in total. The number of carbonyl (C=O) groups is 1. The highest BCUT2D eigenvalue weighted by Crippen LogP contribution is 2.49. The average Bonchev–Trinajstić information content (AvgIpc) is 3.24. The van der Waals surface area contributed by atoms with E-state index in [2.05, 4.69) is 15.1 Å². The summed E-state index contributed by atoms with van der Waals surface area (Å²) in [6, 6.07) is 1.82. The largest absolute Gasteiger partial charge is 0.348 e. The van der Waals surface area contributed by atoms with Crippen LogP contribution < -0.4 is 5.69 Å². The summed E-state index contributed by atoms with van der Waals surface area (Å²) in [7, 11) is 0. The maximum atomic E-state index is 12.9. The van der Waals surface area contributed by atoms with Gasteiger partial charge in [-0.3, -0.25) is 9.36 Å². The molecular formula is C18H23N5O3. The number of nitrogens with zero attached hydrogens (tertiary/aromatic N) is 5. The fourth-order valence-corrected chi connectivity index (χ4v) is 4.53. The number of likely N-dealkylation sites (tertiary alicyclic amines) is 1. The van der Waals surface area contributed by atoms with Crippen LogP contribution in [0.15, 0.2) is 15.4 Å². The summed E-state index contributed by atoms with van der Waals surface area (Å²) in [4.78, 5) is 35.3. The van der Waals surface area contributed by atoms with Crippen LogP contribution in [0.3, 0.4) is 0 Å². The van der Waals surface area contributed by atoms with Crippen molar-refractivity contribution in [1.29, 1.82) is 0 Å². The zero-order valence-corrected chi connectivity index (χ0v) is 15.4. The third kappa shape index (κ3) is 2.64. The highest BCUT2D eigenvalue weighted by Gasteiger charge is 2.55. The van der Waals surface area contributed by atoms with E-state index in [1.807, 2.05) is 24.8 Å². The quantitative estimate of drug-likeness (QED) is 0.817. The molecule has 0 radical (unpaired) electrons. The summed E-state index contributed by atoms with van der Waals surface area (Å²) in [6.07, 6.45) is 3.11. The first-order valence-corrected chi connectivity index (χ1v) is 9.03. The van der Waals surface area contributed by atoms with Gasteiger partial charge in [0.25, 0.3) is 0 Å². The zero-order chi connectivity index (χ0) is 18.5. The molecule has 0 aromatic carbocycles. The van der Waals surface area contributed by atoms with Gasteiger partial charge in [0.05, 0.1) is 5.41 Å². The van der Waals surface area contributed by atoms with E-state index in [-0.39, 0.29) is 23.6 Å². The molecule has 138 valence electrons. The van der Waals surface area contributed by atoms with Crippen LogP contribution in [0.1, 0.15) is 42.4 Å². The van der Waals surface area contributed by atoms with Crippen LogP contribution >= 0.6 is 0 Å². The van der Waals surface area contributed by atoms with Crippen molar-refractivity contribution in [3.8, 4) is 0 Å². The number of aryl methyl sites for hydroxylation is 3. The molecule has 1 saturated heterocycles. The number of hydrogen-bond donors (Lipinski definition) is 0. The Bertz CT molecular complexity index is 918. The van der Waals surface area contributed by atoms with Crippen LogP contribution in [0.2, 0.25) is 0 Å². The molecule has 1 amide bonds. The third-order valence-corrected chi connectivity index (χ3v) is 5.82. The van der Waals surface area contributed by atoms with E-state index >= 15 is 0 Å². The minimum atomic E-state index is -0.377. The van der Waals surface area contributed by atoms with Crippen molar-refractivity contribution >= 4 is 5.91 Å². The van der Waals surface area contributed by atoms with Crippen LogP contribution in [0.4, 0.5) is 0 Å². The van der Waals surface area contributed by atoms with Crippen molar-refractivity contribution < 1.29 is 9.32 Å². The number of rotatable bonds is 3. The van der Waals surface area contributed by atoms with Crippen molar-refractivity contribution in [3.05, 3.63) is 39.7 Å². The SMILES string of the molecule is Cc1cc(C)n(CC(=O)N2C[C@@H]3CCC[C@]3(c3nc(C)no3)C2)c(=O)n1. The first kappa shape index (κ1) is 16.9. The minimum absolute atomic E-state index is 0.0175. The second-order valence-electron chi connectivity index (χ2n) is 7.57. The van der Waals surface area contributed by atoms with Gasteiger partial charge in [-0.2, -0.15) is 9.97 Å². The molecule has 1 aliphatic heterocycles. The molecule has 0 N–H and O–H groups in total. The summed E-state index contributed by atoms with van der Waals surface area (Å²) in [5, 5.41) is 3.94. The summed E-state index contributed by atoms with van der Waals surface area (Å²) >= 11 is 0.